The van der Waals surface area contributed by atoms with E-state index in [2.05, 4.69) is 0 Å². The van der Waals surface area contributed by atoms with Crippen LogP contribution in [0.2, 0.25) is 0 Å². The fourth-order valence-corrected chi connectivity index (χ4v) is 4.99. The molecule has 3 nitrogen and oxygen atoms in total. The summed E-state index contributed by atoms with van der Waals surface area (Å²) < 4.78 is 44.2. The van der Waals surface area contributed by atoms with Gasteiger partial charge in [-0.2, -0.15) is 0 Å². The Morgan fingerprint density at radius 3 is 2.59 bits per heavy atom. The maximum absolute atomic E-state index is 15.4. The summed E-state index contributed by atoms with van der Waals surface area (Å²) in [7, 11) is 0. The van der Waals surface area contributed by atoms with Crippen LogP contribution in [0.1, 0.15) is 48.6 Å². The number of halogens is 3. The van der Waals surface area contributed by atoms with E-state index in [4.69, 9.17) is 5.11 Å². The van der Waals surface area contributed by atoms with Gasteiger partial charge < -0.3 is 5.11 Å². The molecule has 168 valence electrons. The van der Waals surface area contributed by atoms with E-state index in [0.717, 1.165) is 46.9 Å². The lowest BCUT2D eigenvalue weighted by Gasteiger charge is -2.43. The van der Waals surface area contributed by atoms with Crippen LogP contribution in [0, 0.1) is 17.6 Å². The van der Waals surface area contributed by atoms with Crippen molar-refractivity contribution in [2.75, 3.05) is 13.2 Å². The van der Waals surface area contributed by atoms with Gasteiger partial charge in [-0.25, -0.2) is 13.6 Å². The first kappa shape index (κ1) is 22.3. The number of rotatable bonds is 6. The first-order valence-electron chi connectivity index (χ1n) is 10.8. The molecule has 0 aromatic heterocycles. The highest BCUT2D eigenvalue weighted by Crippen LogP contribution is 2.49. The van der Waals surface area contributed by atoms with E-state index in [-0.39, 0.29) is 23.1 Å². The summed E-state index contributed by atoms with van der Waals surface area (Å²) in [6, 6.07) is 9.67. The number of carboxylic acid groups (broad SMARTS) is 1. The Bertz CT molecular complexity index is 1080. The molecule has 0 fully saturated rings. The highest BCUT2D eigenvalue weighted by atomic mass is 19.1. The van der Waals surface area contributed by atoms with Gasteiger partial charge in [0.25, 0.3) is 0 Å². The standard InChI is InChI=1S/C26H26F3NO2/c1-15(13-27)14-30-16(2)9-20-19-6-4-3-5-18(19)12-21(20)26(30)25-22(28)10-17(11-23(25)29)7-8-24(31)32/h3-8,10-11,15-16,26H,9,12-14H2,1-2H3,(H,31,32)/b8-7+/t15-,16-,26+/m1/s1. The van der Waals surface area contributed by atoms with Crippen LogP contribution in [0.25, 0.3) is 11.6 Å². The maximum Gasteiger partial charge on any atom is 0.328 e. The van der Waals surface area contributed by atoms with E-state index < -0.39 is 30.3 Å². The third-order valence-electron chi connectivity index (χ3n) is 6.42. The molecule has 0 spiro atoms. The molecule has 32 heavy (non-hydrogen) atoms. The Labute approximate surface area is 185 Å². The van der Waals surface area contributed by atoms with Crippen molar-refractivity contribution in [1.29, 1.82) is 0 Å². The van der Waals surface area contributed by atoms with Crippen LogP contribution in [-0.2, 0) is 11.2 Å². The van der Waals surface area contributed by atoms with Gasteiger partial charge in [-0.05, 0) is 71.7 Å². The lowest BCUT2D eigenvalue weighted by atomic mass is 9.84. The number of alkyl halides is 1. The molecule has 0 bridgehead atoms. The molecular weight excluding hydrogens is 415 g/mol. The molecule has 2 aromatic carbocycles. The summed E-state index contributed by atoms with van der Waals surface area (Å²) >= 11 is 0. The minimum atomic E-state index is -1.19. The molecule has 4 rings (SSSR count). The first-order valence-corrected chi connectivity index (χ1v) is 10.8. The number of benzene rings is 2. The van der Waals surface area contributed by atoms with Crippen molar-refractivity contribution in [3.05, 3.63) is 81.9 Å². The molecule has 6 heteroatoms. The highest BCUT2D eigenvalue weighted by Gasteiger charge is 2.41. The van der Waals surface area contributed by atoms with Gasteiger partial charge in [0.2, 0.25) is 0 Å². The van der Waals surface area contributed by atoms with Crippen LogP contribution < -0.4 is 0 Å². The normalized spacial score (nSPS) is 21.7. The SMILES string of the molecule is C[C@H](CF)CN1[C@H](C)CC2=C(Cc3ccccc32)[C@H]1c1c(F)cc(/C=C/C(=O)O)cc1F. The van der Waals surface area contributed by atoms with E-state index in [9.17, 15) is 9.18 Å². The first-order chi connectivity index (χ1) is 15.3. The second-order valence-corrected chi connectivity index (χ2v) is 8.82. The van der Waals surface area contributed by atoms with E-state index in [1.165, 1.54) is 6.08 Å². The van der Waals surface area contributed by atoms with Gasteiger partial charge in [-0.3, -0.25) is 9.29 Å². The molecule has 2 aliphatic rings. The van der Waals surface area contributed by atoms with Crippen molar-refractivity contribution >= 4 is 17.6 Å². The average molecular weight is 441 g/mol. The van der Waals surface area contributed by atoms with Gasteiger partial charge >= 0.3 is 5.97 Å². The summed E-state index contributed by atoms with van der Waals surface area (Å²) in [5, 5.41) is 8.81. The largest absolute Gasteiger partial charge is 0.478 e. The third kappa shape index (κ3) is 4.11. The van der Waals surface area contributed by atoms with Gasteiger partial charge in [-0.15, -0.1) is 0 Å². The summed E-state index contributed by atoms with van der Waals surface area (Å²) in [4.78, 5) is 12.8. The molecule has 1 N–H and O–H groups in total. The Balaban J connectivity index is 1.84. The third-order valence-corrected chi connectivity index (χ3v) is 6.42. The quantitative estimate of drug-likeness (QED) is 0.575. The van der Waals surface area contributed by atoms with Crippen molar-refractivity contribution in [2.45, 2.75) is 38.8 Å². The molecule has 1 aliphatic carbocycles. The van der Waals surface area contributed by atoms with Crippen LogP contribution >= 0.6 is 0 Å². The smallest absolute Gasteiger partial charge is 0.328 e. The number of carbonyl (C=O) groups is 1. The zero-order valence-corrected chi connectivity index (χ0v) is 18.1. The summed E-state index contributed by atoms with van der Waals surface area (Å²) in [6.07, 6.45) is 3.36. The van der Waals surface area contributed by atoms with Crippen LogP contribution in [-0.4, -0.2) is 35.2 Å². The molecule has 3 atom stereocenters. The fourth-order valence-electron chi connectivity index (χ4n) is 4.99. The van der Waals surface area contributed by atoms with Crippen molar-refractivity contribution < 1.29 is 23.1 Å². The molecule has 0 saturated heterocycles. The summed E-state index contributed by atoms with van der Waals surface area (Å²) in [5.41, 5.74) is 4.42. The fraction of sp³-hybridized carbons (Fsp3) is 0.346. The minimum absolute atomic E-state index is 0.0238. The van der Waals surface area contributed by atoms with Crippen molar-refractivity contribution in [3.8, 4) is 0 Å². The molecule has 0 amide bonds. The zero-order valence-electron chi connectivity index (χ0n) is 18.1. The Morgan fingerprint density at radius 2 is 1.94 bits per heavy atom. The molecular formula is C26H26F3NO2. The van der Waals surface area contributed by atoms with Crippen molar-refractivity contribution in [1.82, 2.24) is 4.90 Å². The van der Waals surface area contributed by atoms with E-state index in [0.29, 0.717) is 13.0 Å². The number of fused-ring (bicyclic) bond motifs is 2. The number of aliphatic carboxylic acids is 1. The second kappa shape index (κ2) is 8.94. The molecule has 0 radical (unpaired) electrons. The highest BCUT2D eigenvalue weighted by molar-refractivity contribution is 5.85. The van der Waals surface area contributed by atoms with Gasteiger partial charge in [0.05, 0.1) is 12.7 Å². The van der Waals surface area contributed by atoms with Gasteiger partial charge in [-0.1, -0.05) is 31.2 Å². The molecule has 0 unspecified atom stereocenters. The monoisotopic (exact) mass is 441 g/mol. The lowest BCUT2D eigenvalue weighted by molar-refractivity contribution is -0.131. The Hall–Kier alpha value is -2.86. The maximum atomic E-state index is 15.4. The average Bonchev–Trinajstić information content (AvgIpc) is 3.11. The Kier molecular flexibility index (Phi) is 6.24. The second-order valence-electron chi connectivity index (χ2n) is 8.82. The van der Waals surface area contributed by atoms with E-state index in [1.54, 1.807) is 6.92 Å². The number of hydrogen-bond acceptors (Lipinski definition) is 2. The van der Waals surface area contributed by atoms with Crippen LogP contribution in [0.15, 0.2) is 48.0 Å². The summed E-state index contributed by atoms with van der Waals surface area (Å²) in [5.74, 6) is -2.92. The Morgan fingerprint density at radius 1 is 1.25 bits per heavy atom. The van der Waals surface area contributed by atoms with Crippen molar-refractivity contribution in [3.63, 3.8) is 0 Å². The van der Waals surface area contributed by atoms with Crippen LogP contribution in [0.4, 0.5) is 13.2 Å². The van der Waals surface area contributed by atoms with Crippen LogP contribution in [0.5, 0.6) is 0 Å². The molecule has 1 aliphatic heterocycles. The van der Waals surface area contributed by atoms with E-state index >= 15 is 8.78 Å². The van der Waals surface area contributed by atoms with Crippen molar-refractivity contribution in [2.24, 2.45) is 5.92 Å². The zero-order chi connectivity index (χ0) is 23.0. The summed E-state index contributed by atoms with van der Waals surface area (Å²) in [6.45, 7) is 3.69. The number of carboxylic acids is 1. The minimum Gasteiger partial charge on any atom is -0.478 e. The predicted molar refractivity (Wildman–Crippen MR) is 119 cm³/mol. The topological polar surface area (TPSA) is 40.5 Å². The van der Waals surface area contributed by atoms with Gasteiger partial charge in [0.15, 0.2) is 0 Å². The molecule has 0 saturated carbocycles. The lowest BCUT2D eigenvalue weighted by Crippen LogP contribution is -2.44. The number of hydrogen-bond donors (Lipinski definition) is 1. The predicted octanol–water partition coefficient (Wildman–Crippen LogP) is 5.81. The molecule has 1 heterocycles. The van der Waals surface area contributed by atoms with E-state index in [1.807, 2.05) is 36.1 Å². The van der Waals surface area contributed by atoms with Gasteiger partial charge in [0.1, 0.15) is 11.6 Å². The number of nitrogens with zero attached hydrogens (tertiary/aromatic N) is 1. The van der Waals surface area contributed by atoms with Gasteiger partial charge in [0, 0.05) is 24.2 Å². The van der Waals surface area contributed by atoms with Crippen LogP contribution in [0.3, 0.4) is 0 Å². The molecule has 2 aromatic rings.